The second-order valence-corrected chi connectivity index (χ2v) is 7.78. The molecule has 2 aromatic carbocycles. The summed E-state index contributed by atoms with van der Waals surface area (Å²) in [6, 6.07) is 6.98. The molecular formula is C16H14ClF3NO5P. The van der Waals surface area contributed by atoms with E-state index in [0.29, 0.717) is 11.1 Å². The maximum absolute atomic E-state index is 13.8. The molecule has 0 spiro atoms. The van der Waals surface area contributed by atoms with Crippen molar-refractivity contribution in [2.45, 2.75) is 19.6 Å². The lowest BCUT2D eigenvalue weighted by Gasteiger charge is -2.13. The van der Waals surface area contributed by atoms with Gasteiger partial charge in [0.1, 0.15) is 6.04 Å². The van der Waals surface area contributed by atoms with Crippen LogP contribution in [-0.2, 0) is 25.3 Å². The summed E-state index contributed by atoms with van der Waals surface area (Å²) >= 11 is 4.93. The highest BCUT2D eigenvalue weighted by atomic mass is 35.7. The topological polar surface area (TPSA) is 84.9 Å². The fraction of sp³-hybridized carbons (Fsp3) is 0.188. The van der Waals surface area contributed by atoms with Crippen LogP contribution in [0.3, 0.4) is 0 Å². The number of hydroxylamine groups is 1. The van der Waals surface area contributed by atoms with Crippen molar-refractivity contribution < 1.29 is 36.8 Å². The molecule has 2 rings (SSSR count). The fourth-order valence-electron chi connectivity index (χ4n) is 2.02. The molecule has 2 N–H and O–H groups in total. The van der Waals surface area contributed by atoms with Crippen LogP contribution in [0.4, 0.5) is 13.2 Å². The van der Waals surface area contributed by atoms with Crippen molar-refractivity contribution in [3.8, 4) is 11.1 Å². The Morgan fingerprint density at radius 3 is 2.41 bits per heavy atom. The average molecular weight is 424 g/mol. The molecule has 0 aliphatic rings. The van der Waals surface area contributed by atoms with Crippen LogP contribution in [0.1, 0.15) is 12.5 Å². The Morgan fingerprint density at radius 2 is 1.81 bits per heavy atom. The van der Waals surface area contributed by atoms with Gasteiger partial charge in [-0.1, -0.05) is 24.3 Å². The van der Waals surface area contributed by atoms with E-state index in [4.69, 9.17) is 21.0 Å². The van der Waals surface area contributed by atoms with Gasteiger partial charge in [0.25, 0.3) is 0 Å². The molecule has 0 aromatic heterocycles. The molecule has 0 bridgehead atoms. The fourth-order valence-corrected chi connectivity index (χ4v) is 2.60. The minimum atomic E-state index is -4.47. The van der Waals surface area contributed by atoms with Crippen molar-refractivity contribution >= 4 is 24.2 Å². The van der Waals surface area contributed by atoms with Crippen LogP contribution in [0, 0.1) is 17.5 Å². The Bertz CT molecular complexity index is 875. The minimum Gasteiger partial charge on any atom is -0.379 e. The summed E-state index contributed by atoms with van der Waals surface area (Å²) in [5.41, 5.74) is 3.16. The number of halogens is 4. The van der Waals surface area contributed by atoms with Crippen molar-refractivity contribution in [3.63, 3.8) is 0 Å². The number of rotatable bonds is 7. The molecule has 146 valence electrons. The molecule has 11 heteroatoms. The number of hydrogen-bond donors (Lipinski definition) is 2. The smallest absolute Gasteiger partial charge is 0.379 e. The highest BCUT2D eigenvalue weighted by molar-refractivity contribution is 7.80. The summed E-state index contributed by atoms with van der Waals surface area (Å²) < 4.78 is 55.0. The maximum atomic E-state index is 13.8. The van der Waals surface area contributed by atoms with Crippen LogP contribution in [0.5, 0.6) is 0 Å². The van der Waals surface area contributed by atoms with Gasteiger partial charge < -0.3 is 9.42 Å². The number of benzene rings is 2. The summed E-state index contributed by atoms with van der Waals surface area (Å²) in [5, 5.41) is 0. The third-order valence-electron chi connectivity index (χ3n) is 3.36. The summed E-state index contributed by atoms with van der Waals surface area (Å²) in [6.07, 6.45) is 0. The molecule has 2 aromatic rings. The first-order valence-electron chi connectivity index (χ1n) is 7.44. The van der Waals surface area contributed by atoms with Crippen LogP contribution in [0.2, 0.25) is 0 Å². The molecule has 0 fully saturated rings. The van der Waals surface area contributed by atoms with Gasteiger partial charge in [0.15, 0.2) is 17.5 Å². The summed E-state index contributed by atoms with van der Waals surface area (Å²) in [6.45, 7) is -3.16. The lowest BCUT2D eigenvalue weighted by molar-refractivity contribution is -0.141. The van der Waals surface area contributed by atoms with E-state index in [9.17, 15) is 22.5 Å². The standard InChI is InChI=1S/C16H14ClF3NO5P/c1-9(16(22)26-27(17,23)24)21-25-8-10-2-4-11(5-3-10)12-6-7-13(18)15(20)14(12)19/h2-7,9,21H,8H2,1H3,(H,23,24)/t9-/m0/s1. The quantitative estimate of drug-likeness (QED) is 0.397. The summed E-state index contributed by atoms with van der Waals surface area (Å²) in [7, 11) is 0. The van der Waals surface area contributed by atoms with Crippen LogP contribution in [0.25, 0.3) is 11.1 Å². The first-order chi connectivity index (χ1) is 12.6. The minimum absolute atomic E-state index is 0.0180. The highest BCUT2D eigenvalue weighted by Crippen LogP contribution is 2.47. The number of hydrogen-bond acceptors (Lipinski definition) is 5. The SMILES string of the molecule is C[C@H](NOCc1ccc(-c2ccc(F)c(F)c2F)cc1)C(=O)OP(=O)(O)Cl. The van der Waals surface area contributed by atoms with Crippen molar-refractivity contribution in [3.05, 3.63) is 59.4 Å². The van der Waals surface area contributed by atoms with Crippen LogP contribution in [0.15, 0.2) is 36.4 Å². The van der Waals surface area contributed by atoms with Gasteiger partial charge in [-0.05, 0) is 30.2 Å². The summed E-state index contributed by atoms with van der Waals surface area (Å²) in [4.78, 5) is 25.2. The van der Waals surface area contributed by atoms with Gasteiger partial charge in [-0.25, -0.2) is 22.5 Å². The zero-order valence-corrected chi connectivity index (χ0v) is 15.4. The molecule has 0 radical (unpaired) electrons. The van der Waals surface area contributed by atoms with Crippen molar-refractivity contribution in [2.24, 2.45) is 0 Å². The molecule has 6 nitrogen and oxygen atoms in total. The van der Waals surface area contributed by atoms with Gasteiger partial charge >= 0.3 is 12.9 Å². The van der Waals surface area contributed by atoms with E-state index in [1.807, 2.05) is 0 Å². The van der Waals surface area contributed by atoms with Crippen LogP contribution >= 0.6 is 18.2 Å². The van der Waals surface area contributed by atoms with E-state index >= 15 is 0 Å². The predicted molar refractivity (Wildman–Crippen MR) is 90.9 cm³/mol. The molecule has 0 aliphatic carbocycles. The molecule has 27 heavy (non-hydrogen) atoms. The van der Waals surface area contributed by atoms with E-state index in [-0.39, 0.29) is 12.2 Å². The largest absolute Gasteiger partial charge is 0.476 e. The van der Waals surface area contributed by atoms with Gasteiger partial charge in [0.05, 0.1) is 6.61 Å². The molecule has 0 aliphatic heterocycles. The number of carbonyl (C=O) groups is 1. The van der Waals surface area contributed by atoms with Gasteiger partial charge in [-0.15, -0.1) is 0 Å². The van der Waals surface area contributed by atoms with Crippen molar-refractivity contribution in [1.82, 2.24) is 5.48 Å². The van der Waals surface area contributed by atoms with E-state index in [1.54, 1.807) is 12.1 Å². The molecule has 2 atom stereocenters. The van der Waals surface area contributed by atoms with Gasteiger partial charge in [-0.3, -0.25) is 4.84 Å². The molecule has 1 unspecified atom stereocenters. The zero-order valence-electron chi connectivity index (χ0n) is 13.8. The first kappa shape index (κ1) is 21.4. The highest BCUT2D eigenvalue weighted by Gasteiger charge is 2.24. The summed E-state index contributed by atoms with van der Waals surface area (Å²) in [5.74, 6) is -5.19. The lowest BCUT2D eigenvalue weighted by atomic mass is 10.0. The molecule has 0 amide bonds. The predicted octanol–water partition coefficient (Wildman–Crippen LogP) is 4.06. The van der Waals surface area contributed by atoms with E-state index < -0.39 is 36.4 Å². The van der Waals surface area contributed by atoms with Crippen molar-refractivity contribution in [1.29, 1.82) is 0 Å². The monoisotopic (exact) mass is 423 g/mol. The van der Waals surface area contributed by atoms with Gasteiger partial charge in [0.2, 0.25) is 0 Å². The third-order valence-corrected chi connectivity index (χ3v) is 3.97. The second kappa shape index (κ2) is 8.86. The van der Waals surface area contributed by atoms with Crippen molar-refractivity contribution in [2.75, 3.05) is 0 Å². The second-order valence-electron chi connectivity index (χ2n) is 5.41. The Labute approximate surface area is 157 Å². The Balaban J connectivity index is 1.94. The normalized spacial score (nSPS) is 14.4. The lowest BCUT2D eigenvalue weighted by Crippen LogP contribution is -2.34. The van der Waals surface area contributed by atoms with E-state index in [2.05, 4.69) is 10.0 Å². The number of carbonyl (C=O) groups excluding carboxylic acids is 1. The molecule has 0 heterocycles. The third kappa shape index (κ3) is 6.05. The molecular weight excluding hydrogens is 410 g/mol. The maximum Gasteiger partial charge on any atom is 0.476 e. The van der Waals surface area contributed by atoms with Crippen LogP contribution < -0.4 is 5.48 Å². The van der Waals surface area contributed by atoms with Gasteiger partial charge in [0, 0.05) is 16.8 Å². The Hall–Kier alpha value is -1.90. The Kier molecular flexibility index (Phi) is 7.02. The van der Waals surface area contributed by atoms with E-state index in [0.717, 1.165) is 12.1 Å². The first-order valence-corrected chi connectivity index (χ1v) is 9.93. The molecule has 0 saturated heterocycles. The Morgan fingerprint density at radius 1 is 1.19 bits per heavy atom. The molecule has 0 saturated carbocycles. The van der Waals surface area contributed by atoms with Gasteiger partial charge in [-0.2, -0.15) is 5.48 Å². The van der Waals surface area contributed by atoms with E-state index in [1.165, 1.54) is 19.1 Å². The van der Waals surface area contributed by atoms with Crippen LogP contribution in [-0.4, -0.2) is 16.9 Å². The number of nitrogens with one attached hydrogen (secondary N) is 1. The zero-order chi connectivity index (χ0) is 20.2. The average Bonchev–Trinajstić information content (AvgIpc) is 2.59.